The SMILES string of the molecule is COc1cc(/C=C2\C(=O)NC(=O)N(c3ccc(C(=O)O)cc3)C2=O)cc(Br)c1OCc1ccc(Cl)cc1. The quantitative estimate of drug-likeness (QED) is 0.294. The van der Waals surface area contributed by atoms with Gasteiger partial charge in [0, 0.05) is 5.02 Å². The van der Waals surface area contributed by atoms with Gasteiger partial charge in [0.1, 0.15) is 12.2 Å². The molecule has 0 bridgehead atoms. The predicted molar refractivity (Wildman–Crippen MR) is 139 cm³/mol. The lowest BCUT2D eigenvalue weighted by Crippen LogP contribution is -2.54. The molecule has 0 unspecified atom stereocenters. The molecule has 0 saturated carbocycles. The number of carbonyl (C=O) groups is 4. The number of nitrogens with one attached hydrogen (secondary N) is 1. The second kappa shape index (κ2) is 10.9. The van der Waals surface area contributed by atoms with Crippen molar-refractivity contribution >= 4 is 63.1 Å². The van der Waals surface area contributed by atoms with Gasteiger partial charge in [-0.25, -0.2) is 14.5 Å². The van der Waals surface area contributed by atoms with Crippen LogP contribution < -0.4 is 19.7 Å². The molecule has 1 aliphatic heterocycles. The zero-order valence-electron chi connectivity index (χ0n) is 19.2. The van der Waals surface area contributed by atoms with Crippen molar-refractivity contribution < 1.29 is 33.8 Å². The Morgan fingerprint density at radius 1 is 1.08 bits per heavy atom. The van der Waals surface area contributed by atoms with Crippen molar-refractivity contribution in [2.24, 2.45) is 0 Å². The molecule has 3 aromatic carbocycles. The molecule has 0 aliphatic carbocycles. The van der Waals surface area contributed by atoms with Crippen LogP contribution in [0.3, 0.4) is 0 Å². The van der Waals surface area contributed by atoms with Crippen molar-refractivity contribution in [2.75, 3.05) is 12.0 Å². The Morgan fingerprint density at radius 2 is 1.76 bits per heavy atom. The van der Waals surface area contributed by atoms with Crippen LogP contribution in [-0.2, 0) is 16.2 Å². The van der Waals surface area contributed by atoms with E-state index in [0.29, 0.717) is 26.6 Å². The van der Waals surface area contributed by atoms with E-state index >= 15 is 0 Å². The molecule has 3 aromatic rings. The largest absolute Gasteiger partial charge is 0.493 e. The number of amides is 4. The molecule has 1 aliphatic rings. The van der Waals surface area contributed by atoms with Crippen LogP contribution in [0.15, 0.2) is 70.7 Å². The number of nitrogens with zero attached hydrogens (tertiary/aromatic N) is 1. The van der Waals surface area contributed by atoms with Crippen molar-refractivity contribution in [3.05, 3.63) is 92.4 Å². The van der Waals surface area contributed by atoms with Gasteiger partial charge in [-0.1, -0.05) is 23.7 Å². The summed E-state index contributed by atoms with van der Waals surface area (Å²) in [7, 11) is 1.45. The summed E-state index contributed by atoms with van der Waals surface area (Å²) in [6, 6.07) is 14.6. The van der Waals surface area contributed by atoms with Gasteiger partial charge in [-0.2, -0.15) is 0 Å². The number of aromatic carboxylic acids is 1. The standard InChI is InChI=1S/C26H18BrClN2O7/c1-36-21-12-15(11-20(27)22(21)37-13-14-2-6-17(28)7-3-14)10-19-23(31)29-26(35)30(24(19)32)18-8-4-16(5-9-18)25(33)34/h2-12H,13H2,1H3,(H,33,34)(H,29,31,35)/b19-10+. The van der Waals surface area contributed by atoms with Gasteiger partial charge in [-0.05, 0) is 81.7 Å². The van der Waals surface area contributed by atoms with Crippen molar-refractivity contribution in [1.82, 2.24) is 5.32 Å². The van der Waals surface area contributed by atoms with E-state index in [1.54, 1.807) is 24.3 Å². The smallest absolute Gasteiger partial charge is 0.335 e. The highest BCUT2D eigenvalue weighted by molar-refractivity contribution is 9.10. The molecule has 0 atom stereocenters. The second-order valence-corrected chi connectivity index (χ2v) is 9.05. The first-order chi connectivity index (χ1) is 17.7. The van der Waals surface area contributed by atoms with Crippen LogP contribution >= 0.6 is 27.5 Å². The molecule has 188 valence electrons. The summed E-state index contributed by atoms with van der Waals surface area (Å²) in [6.07, 6.45) is 1.32. The number of rotatable bonds is 7. The Morgan fingerprint density at radius 3 is 2.38 bits per heavy atom. The van der Waals surface area contributed by atoms with E-state index in [1.807, 2.05) is 12.1 Å². The molecule has 0 radical (unpaired) electrons. The molecule has 1 heterocycles. The fraction of sp³-hybridized carbons (Fsp3) is 0.0769. The second-order valence-electron chi connectivity index (χ2n) is 7.76. The van der Waals surface area contributed by atoms with Crippen molar-refractivity contribution in [3.63, 3.8) is 0 Å². The molecule has 11 heteroatoms. The number of barbiturate groups is 1. The van der Waals surface area contributed by atoms with E-state index in [1.165, 1.54) is 37.5 Å². The van der Waals surface area contributed by atoms with Gasteiger partial charge in [-0.3, -0.25) is 14.9 Å². The summed E-state index contributed by atoms with van der Waals surface area (Å²) >= 11 is 9.36. The van der Waals surface area contributed by atoms with Crippen molar-refractivity contribution in [2.45, 2.75) is 6.61 Å². The Bertz CT molecular complexity index is 1440. The number of carbonyl (C=O) groups excluding carboxylic acids is 3. The van der Waals surface area contributed by atoms with E-state index in [0.717, 1.165) is 10.5 Å². The number of carboxylic acids is 1. The van der Waals surface area contributed by atoms with E-state index in [-0.39, 0.29) is 23.4 Å². The van der Waals surface area contributed by atoms with Crippen LogP contribution in [0.5, 0.6) is 11.5 Å². The normalized spacial score (nSPS) is 14.5. The topological polar surface area (TPSA) is 122 Å². The van der Waals surface area contributed by atoms with Crippen molar-refractivity contribution in [3.8, 4) is 11.5 Å². The molecule has 2 N–H and O–H groups in total. The van der Waals surface area contributed by atoms with Gasteiger partial charge < -0.3 is 14.6 Å². The van der Waals surface area contributed by atoms with Gasteiger partial charge in [0.25, 0.3) is 11.8 Å². The molecule has 4 amide bonds. The van der Waals surface area contributed by atoms with E-state index < -0.39 is 23.8 Å². The summed E-state index contributed by atoms with van der Waals surface area (Å²) in [5.41, 5.74) is 1.10. The molecular weight excluding hydrogens is 568 g/mol. The summed E-state index contributed by atoms with van der Waals surface area (Å²) in [5, 5.41) is 11.8. The summed E-state index contributed by atoms with van der Waals surface area (Å²) in [5.74, 6) is -2.14. The van der Waals surface area contributed by atoms with Crippen LogP contribution in [0.25, 0.3) is 6.08 Å². The first-order valence-electron chi connectivity index (χ1n) is 10.7. The zero-order valence-corrected chi connectivity index (χ0v) is 21.5. The molecular formula is C26H18BrClN2O7. The fourth-order valence-corrected chi connectivity index (χ4v) is 4.21. The number of carboxylic acid groups (broad SMARTS) is 1. The van der Waals surface area contributed by atoms with Crippen LogP contribution in [0, 0.1) is 0 Å². The van der Waals surface area contributed by atoms with Gasteiger partial charge in [-0.15, -0.1) is 0 Å². The lowest BCUT2D eigenvalue weighted by atomic mass is 10.1. The highest BCUT2D eigenvalue weighted by Crippen LogP contribution is 2.38. The minimum atomic E-state index is -1.16. The first kappa shape index (κ1) is 25.9. The van der Waals surface area contributed by atoms with E-state index in [4.69, 9.17) is 26.2 Å². The summed E-state index contributed by atoms with van der Waals surface area (Å²) < 4.78 is 11.9. The van der Waals surface area contributed by atoms with Crippen LogP contribution in [-0.4, -0.2) is 36.0 Å². The molecule has 4 rings (SSSR count). The molecule has 9 nitrogen and oxygen atoms in total. The third-order valence-corrected chi connectivity index (χ3v) is 6.17. The number of urea groups is 1. The number of ether oxygens (including phenoxy) is 2. The first-order valence-corrected chi connectivity index (χ1v) is 11.8. The van der Waals surface area contributed by atoms with Crippen LogP contribution in [0.4, 0.5) is 10.5 Å². The minimum Gasteiger partial charge on any atom is -0.493 e. The van der Waals surface area contributed by atoms with Gasteiger partial charge in [0.15, 0.2) is 11.5 Å². The molecule has 37 heavy (non-hydrogen) atoms. The lowest BCUT2D eigenvalue weighted by molar-refractivity contribution is -0.122. The third kappa shape index (κ3) is 5.65. The maximum Gasteiger partial charge on any atom is 0.335 e. The zero-order chi connectivity index (χ0) is 26.7. The minimum absolute atomic E-state index is 0.0178. The Hall–Kier alpha value is -4.15. The number of anilines is 1. The van der Waals surface area contributed by atoms with Gasteiger partial charge in [0.05, 0.1) is 22.8 Å². The van der Waals surface area contributed by atoms with Crippen molar-refractivity contribution in [1.29, 1.82) is 0 Å². The summed E-state index contributed by atoms with van der Waals surface area (Å²) in [4.78, 5) is 49.9. The molecule has 1 saturated heterocycles. The monoisotopic (exact) mass is 584 g/mol. The maximum atomic E-state index is 13.1. The lowest BCUT2D eigenvalue weighted by Gasteiger charge is -2.26. The Kier molecular flexibility index (Phi) is 7.61. The van der Waals surface area contributed by atoms with Gasteiger partial charge in [0.2, 0.25) is 0 Å². The van der Waals surface area contributed by atoms with Gasteiger partial charge >= 0.3 is 12.0 Å². The number of benzene rings is 3. The average molecular weight is 586 g/mol. The summed E-state index contributed by atoms with van der Waals surface area (Å²) in [6.45, 7) is 0.241. The number of halogens is 2. The fourth-order valence-electron chi connectivity index (χ4n) is 3.51. The average Bonchev–Trinajstić information content (AvgIpc) is 2.86. The van der Waals surface area contributed by atoms with Crippen LogP contribution in [0.1, 0.15) is 21.5 Å². The molecule has 0 aromatic heterocycles. The number of hydrogen-bond donors (Lipinski definition) is 2. The van der Waals surface area contributed by atoms with Crippen LogP contribution in [0.2, 0.25) is 5.02 Å². The predicted octanol–water partition coefficient (Wildman–Crippen LogP) is 5.05. The number of imide groups is 2. The Labute approximate surface area is 224 Å². The number of hydrogen-bond acceptors (Lipinski definition) is 6. The Balaban J connectivity index is 1.62. The maximum absolute atomic E-state index is 13.1. The van der Waals surface area contributed by atoms with E-state index in [9.17, 15) is 19.2 Å². The molecule has 1 fully saturated rings. The molecule has 0 spiro atoms. The highest BCUT2D eigenvalue weighted by atomic mass is 79.9. The highest BCUT2D eigenvalue weighted by Gasteiger charge is 2.37. The van der Waals surface area contributed by atoms with E-state index in [2.05, 4.69) is 21.2 Å². The number of methoxy groups -OCH3 is 1. The third-order valence-electron chi connectivity index (χ3n) is 5.33.